The molecule has 0 aliphatic heterocycles. The van der Waals surface area contributed by atoms with E-state index in [1.807, 2.05) is 50.4 Å². The Labute approximate surface area is 183 Å². The van der Waals surface area contributed by atoms with Crippen molar-refractivity contribution in [2.24, 2.45) is 4.99 Å². The highest BCUT2D eigenvalue weighted by atomic mass is 127. The summed E-state index contributed by atoms with van der Waals surface area (Å²) >= 11 is 0. The first kappa shape index (κ1) is 22.0. The summed E-state index contributed by atoms with van der Waals surface area (Å²) in [5, 5.41) is 3.41. The molecule has 0 saturated carbocycles. The summed E-state index contributed by atoms with van der Waals surface area (Å²) in [5.41, 5.74) is 3.29. The minimum Gasteiger partial charge on any atom is -0.494 e. The average Bonchev–Trinajstić information content (AvgIpc) is 3.10. The molecule has 0 bridgehead atoms. The third-order valence-electron chi connectivity index (χ3n) is 4.31. The number of para-hydroxylation sites is 2. The number of hydrogen-bond acceptors (Lipinski definition) is 3. The molecule has 0 aliphatic rings. The van der Waals surface area contributed by atoms with Crippen LogP contribution in [0.3, 0.4) is 0 Å². The van der Waals surface area contributed by atoms with Gasteiger partial charge < -0.3 is 19.9 Å². The van der Waals surface area contributed by atoms with E-state index in [4.69, 9.17) is 4.74 Å². The van der Waals surface area contributed by atoms with Crippen LogP contribution < -0.4 is 10.1 Å². The van der Waals surface area contributed by atoms with Gasteiger partial charge in [0, 0.05) is 33.6 Å². The molecule has 0 saturated heterocycles. The van der Waals surface area contributed by atoms with Crippen LogP contribution in [-0.4, -0.2) is 48.1 Å². The van der Waals surface area contributed by atoms with Crippen LogP contribution in [0.2, 0.25) is 0 Å². The Morgan fingerprint density at radius 1 is 1.18 bits per heavy atom. The minimum atomic E-state index is 0. The van der Waals surface area contributed by atoms with Crippen LogP contribution in [0.1, 0.15) is 18.3 Å². The standard InChI is InChI=1S/C21H27N5O.HI/c1-4-27-17-11-9-16(10-12-17)15-26(3)21(22-2)23-14-13-20-24-18-7-5-6-8-19(18)25-20;/h5-12H,4,13-15H2,1-3H3,(H,22,23)(H,24,25);1H. The van der Waals surface area contributed by atoms with Crippen molar-refractivity contribution in [1.29, 1.82) is 0 Å². The number of aromatic nitrogens is 2. The van der Waals surface area contributed by atoms with Crippen LogP contribution in [0.25, 0.3) is 11.0 Å². The molecule has 0 unspecified atom stereocenters. The zero-order chi connectivity index (χ0) is 19.1. The van der Waals surface area contributed by atoms with Crippen LogP contribution >= 0.6 is 24.0 Å². The number of halogens is 1. The van der Waals surface area contributed by atoms with E-state index in [1.54, 1.807) is 7.05 Å². The van der Waals surface area contributed by atoms with E-state index in [1.165, 1.54) is 5.56 Å². The van der Waals surface area contributed by atoms with Crippen molar-refractivity contribution in [3.63, 3.8) is 0 Å². The van der Waals surface area contributed by atoms with E-state index >= 15 is 0 Å². The number of ether oxygens (including phenoxy) is 1. The van der Waals surface area contributed by atoms with Gasteiger partial charge in [0.1, 0.15) is 11.6 Å². The number of rotatable bonds is 7. The van der Waals surface area contributed by atoms with Crippen molar-refractivity contribution < 1.29 is 4.74 Å². The second-order valence-electron chi connectivity index (χ2n) is 6.36. The summed E-state index contributed by atoms with van der Waals surface area (Å²) in [7, 11) is 3.84. The second kappa shape index (κ2) is 10.9. The molecule has 28 heavy (non-hydrogen) atoms. The Morgan fingerprint density at radius 3 is 2.61 bits per heavy atom. The largest absolute Gasteiger partial charge is 0.494 e. The van der Waals surface area contributed by atoms with Crippen LogP contribution in [0, 0.1) is 0 Å². The molecule has 0 spiro atoms. The summed E-state index contributed by atoms with van der Waals surface area (Å²) in [6.45, 7) is 4.21. The summed E-state index contributed by atoms with van der Waals surface area (Å²) in [5.74, 6) is 2.74. The Kier molecular flexibility index (Phi) is 8.56. The first-order valence-corrected chi connectivity index (χ1v) is 9.26. The van der Waals surface area contributed by atoms with E-state index in [0.717, 1.165) is 48.1 Å². The number of aromatic amines is 1. The highest BCUT2D eigenvalue weighted by molar-refractivity contribution is 14.0. The molecule has 0 amide bonds. The van der Waals surface area contributed by atoms with Gasteiger partial charge in [0.2, 0.25) is 0 Å². The molecule has 0 fully saturated rings. The van der Waals surface area contributed by atoms with Crippen LogP contribution in [0.4, 0.5) is 0 Å². The maximum atomic E-state index is 5.49. The predicted molar refractivity (Wildman–Crippen MR) is 126 cm³/mol. The Balaban J connectivity index is 0.00000280. The number of imidazole rings is 1. The summed E-state index contributed by atoms with van der Waals surface area (Å²) in [4.78, 5) is 14.5. The molecule has 2 aromatic carbocycles. The van der Waals surface area contributed by atoms with Gasteiger partial charge in [-0.3, -0.25) is 4.99 Å². The van der Waals surface area contributed by atoms with Crippen LogP contribution in [0.15, 0.2) is 53.5 Å². The number of aliphatic imine (C=N–C) groups is 1. The molecule has 7 heteroatoms. The number of fused-ring (bicyclic) bond motifs is 1. The Bertz CT molecular complexity index is 858. The molecule has 0 radical (unpaired) electrons. The zero-order valence-corrected chi connectivity index (χ0v) is 18.9. The van der Waals surface area contributed by atoms with Crippen molar-refractivity contribution in [1.82, 2.24) is 20.2 Å². The quantitative estimate of drug-likeness (QED) is 0.299. The van der Waals surface area contributed by atoms with Gasteiger partial charge in [-0.1, -0.05) is 24.3 Å². The minimum absolute atomic E-state index is 0. The number of nitrogens with zero attached hydrogens (tertiary/aromatic N) is 3. The lowest BCUT2D eigenvalue weighted by Crippen LogP contribution is -2.39. The monoisotopic (exact) mass is 493 g/mol. The van der Waals surface area contributed by atoms with E-state index in [2.05, 4.69) is 37.3 Å². The smallest absolute Gasteiger partial charge is 0.193 e. The normalized spacial score (nSPS) is 11.2. The van der Waals surface area contributed by atoms with Gasteiger partial charge in [0.25, 0.3) is 0 Å². The first-order valence-electron chi connectivity index (χ1n) is 9.26. The first-order chi connectivity index (χ1) is 13.2. The summed E-state index contributed by atoms with van der Waals surface area (Å²) < 4.78 is 5.49. The van der Waals surface area contributed by atoms with Gasteiger partial charge in [0.05, 0.1) is 17.6 Å². The fraction of sp³-hybridized carbons (Fsp3) is 0.333. The molecule has 1 heterocycles. The molecule has 0 aliphatic carbocycles. The van der Waals surface area contributed by atoms with Crippen molar-refractivity contribution in [3.8, 4) is 5.75 Å². The Hall–Kier alpha value is -2.29. The highest BCUT2D eigenvalue weighted by Crippen LogP contribution is 2.13. The van der Waals surface area contributed by atoms with E-state index in [9.17, 15) is 0 Å². The average molecular weight is 493 g/mol. The molecule has 1 aromatic heterocycles. The molecular formula is C21H28IN5O. The van der Waals surface area contributed by atoms with E-state index in [-0.39, 0.29) is 24.0 Å². The maximum absolute atomic E-state index is 5.49. The zero-order valence-electron chi connectivity index (χ0n) is 16.6. The van der Waals surface area contributed by atoms with E-state index in [0.29, 0.717) is 6.61 Å². The Morgan fingerprint density at radius 2 is 1.93 bits per heavy atom. The van der Waals surface area contributed by atoms with Gasteiger partial charge in [-0.15, -0.1) is 24.0 Å². The molecule has 2 N–H and O–H groups in total. The van der Waals surface area contributed by atoms with Crippen molar-refractivity contribution in [2.45, 2.75) is 19.9 Å². The molecule has 0 atom stereocenters. The number of benzene rings is 2. The van der Waals surface area contributed by atoms with Crippen LogP contribution in [0.5, 0.6) is 5.75 Å². The lowest BCUT2D eigenvalue weighted by molar-refractivity contribution is 0.340. The third-order valence-corrected chi connectivity index (χ3v) is 4.31. The lowest BCUT2D eigenvalue weighted by Gasteiger charge is -2.22. The fourth-order valence-corrected chi connectivity index (χ4v) is 3.01. The molecule has 6 nitrogen and oxygen atoms in total. The SMILES string of the molecule is CCOc1ccc(CN(C)C(=NC)NCCc2nc3ccccc3[nH]2)cc1.I. The molecule has 150 valence electrons. The van der Waals surface area contributed by atoms with Crippen LogP contribution in [-0.2, 0) is 13.0 Å². The van der Waals surface area contributed by atoms with Gasteiger partial charge >= 0.3 is 0 Å². The molecule has 3 rings (SSSR count). The number of guanidine groups is 1. The van der Waals surface area contributed by atoms with Gasteiger partial charge in [-0.05, 0) is 36.8 Å². The van der Waals surface area contributed by atoms with Gasteiger partial charge in [0.15, 0.2) is 5.96 Å². The van der Waals surface area contributed by atoms with Crippen molar-refractivity contribution in [2.75, 3.05) is 27.2 Å². The number of nitrogens with one attached hydrogen (secondary N) is 2. The molecule has 3 aromatic rings. The fourth-order valence-electron chi connectivity index (χ4n) is 3.01. The lowest BCUT2D eigenvalue weighted by atomic mass is 10.2. The molecular weight excluding hydrogens is 465 g/mol. The third kappa shape index (κ3) is 5.85. The highest BCUT2D eigenvalue weighted by Gasteiger charge is 2.08. The maximum Gasteiger partial charge on any atom is 0.193 e. The van der Waals surface area contributed by atoms with Crippen molar-refractivity contribution >= 4 is 41.0 Å². The second-order valence-corrected chi connectivity index (χ2v) is 6.36. The predicted octanol–water partition coefficient (Wildman–Crippen LogP) is 3.83. The van der Waals surface area contributed by atoms with Crippen molar-refractivity contribution in [3.05, 3.63) is 59.9 Å². The van der Waals surface area contributed by atoms with Gasteiger partial charge in [-0.2, -0.15) is 0 Å². The number of hydrogen-bond donors (Lipinski definition) is 2. The summed E-state index contributed by atoms with van der Waals surface area (Å²) in [6, 6.07) is 16.3. The number of H-pyrrole nitrogens is 1. The topological polar surface area (TPSA) is 65.5 Å². The van der Waals surface area contributed by atoms with E-state index < -0.39 is 0 Å². The van der Waals surface area contributed by atoms with Gasteiger partial charge in [-0.25, -0.2) is 4.98 Å². The summed E-state index contributed by atoms with van der Waals surface area (Å²) in [6.07, 6.45) is 0.810.